The Bertz CT molecular complexity index is 265. The molecule has 1 aliphatic rings. The van der Waals surface area contributed by atoms with Crippen molar-refractivity contribution in [3.05, 3.63) is 21.9 Å². The molecule has 3 heteroatoms. The largest absolute Gasteiger partial charge is 0.382 e. The van der Waals surface area contributed by atoms with Crippen molar-refractivity contribution < 1.29 is 5.11 Å². The smallest absolute Gasteiger partial charge is 0.124 e. The van der Waals surface area contributed by atoms with E-state index in [9.17, 15) is 5.11 Å². The Morgan fingerprint density at radius 2 is 2.36 bits per heavy atom. The van der Waals surface area contributed by atoms with Crippen molar-refractivity contribution in [3.8, 4) is 0 Å². The van der Waals surface area contributed by atoms with Crippen LogP contribution >= 0.6 is 11.3 Å². The fraction of sp³-hybridized carbons (Fsp3) is 0.500. The quantitative estimate of drug-likeness (QED) is 0.653. The number of thiophene rings is 1. The van der Waals surface area contributed by atoms with Crippen LogP contribution in [0.4, 0.5) is 0 Å². The Labute approximate surface area is 69.9 Å². The maximum absolute atomic E-state index is 9.90. The van der Waals surface area contributed by atoms with E-state index < -0.39 is 5.60 Å². The van der Waals surface area contributed by atoms with Crippen molar-refractivity contribution in [2.24, 2.45) is 0 Å². The van der Waals surface area contributed by atoms with Crippen LogP contribution in [0.3, 0.4) is 0 Å². The predicted octanol–water partition coefficient (Wildman–Crippen LogP) is 0.847. The van der Waals surface area contributed by atoms with Gasteiger partial charge in [0.25, 0.3) is 0 Å². The summed E-state index contributed by atoms with van der Waals surface area (Å²) in [7, 11) is 0. The van der Waals surface area contributed by atoms with E-state index >= 15 is 0 Å². The SMILES string of the molecule is Cc1ccsc1C1(O)CNC1. The summed E-state index contributed by atoms with van der Waals surface area (Å²) in [5.41, 5.74) is 0.650. The van der Waals surface area contributed by atoms with Crippen LogP contribution < -0.4 is 5.32 Å². The molecule has 1 aromatic rings. The summed E-state index contributed by atoms with van der Waals surface area (Å²) in [5.74, 6) is 0. The summed E-state index contributed by atoms with van der Waals surface area (Å²) in [4.78, 5) is 1.12. The molecule has 1 aromatic heterocycles. The molecule has 1 saturated heterocycles. The van der Waals surface area contributed by atoms with Crippen molar-refractivity contribution in [2.75, 3.05) is 13.1 Å². The lowest BCUT2D eigenvalue weighted by Gasteiger charge is -2.37. The van der Waals surface area contributed by atoms with Gasteiger partial charge in [0, 0.05) is 18.0 Å². The van der Waals surface area contributed by atoms with Gasteiger partial charge in [-0.15, -0.1) is 11.3 Å². The third-order valence-corrected chi connectivity index (χ3v) is 3.33. The fourth-order valence-electron chi connectivity index (χ4n) is 1.37. The van der Waals surface area contributed by atoms with Crippen molar-refractivity contribution in [2.45, 2.75) is 12.5 Å². The van der Waals surface area contributed by atoms with Crippen LogP contribution in [0.15, 0.2) is 11.4 Å². The van der Waals surface area contributed by atoms with E-state index in [1.165, 1.54) is 5.56 Å². The van der Waals surface area contributed by atoms with Crippen molar-refractivity contribution >= 4 is 11.3 Å². The predicted molar refractivity (Wildman–Crippen MR) is 45.8 cm³/mol. The first-order chi connectivity index (χ1) is 5.22. The first-order valence-electron chi connectivity index (χ1n) is 3.70. The van der Waals surface area contributed by atoms with Crippen LogP contribution in [0, 0.1) is 6.92 Å². The Hall–Kier alpha value is -0.380. The van der Waals surface area contributed by atoms with Gasteiger partial charge in [-0.3, -0.25) is 0 Å². The second-order valence-corrected chi connectivity index (χ2v) is 3.98. The molecule has 0 saturated carbocycles. The zero-order chi connectivity index (χ0) is 7.90. The van der Waals surface area contributed by atoms with Gasteiger partial charge in [-0.1, -0.05) is 0 Å². The molecule has 0 radical (unpaired) electrons. The molecule has 2 heterocycles. The monoisotopic (exact) mass is 169 g/mol. The average molecular weight is 169 g/mol. The summed E-state index contributed by atoms with van der Waals surface area (Å²) in [6.07, 6.45) is 0. The molecule has 2 N–H and O–H groups in total. The molecule has 0 aliphatic carbocycles. The highest BCUT2D eigenvalue weighted by atomic mass is 32.1. The van der Waals surface area contributed by atoms with Crippen LogP contribution in [-0.4, -0.2) is 18.2 Å². The molecule has 0 unspecified atom stereocenters. The molecule has 60 valence electrons. The number of nitrogens with one attached hydrogen (secondary N) is 1. The number of hydrogen-bond acceptors (Lipinski definition) is 3. The maximum atomic E-state index is 9.90. The van der Waals surface area contributed by atoms with E-state index in [-0.39, 0.29) is 0 Å². The molecule has 2 nitrogen and oxygen atoms in total. The fourth-order valence-corrected chi connectivity index (χ4v) is 2.40. The van der Waals surface area contributed by atoms with Crippen LogP contribution in [0.2, 0.25) is 0 Å². The highest BCUT2D eigenvalue weighted by Crippen LogP contribution is 2.31. The van der Waals surface area contributed by atoms with E-state index in [2.05, 4.69) is 11.4 Å². The third-order valence-electron chi connectivity index (χ3n) is 2.12. The summed E-state index contributed by atoms with van der Waals surface area (Å²) >= 11 is 1.64. The highest BCUT2D eigenvalue weighted by molar-refractivity contribution is 7.10. The van der Waals surface area contributed by atoms with Gasteiger partial charge in [-0.05, 0) is 23.9 Å². The number of hydrogen-bond donors (Lipinski definition) is 2. The van der Waals surface area contributed by atoms with E-state index in [1.54, 1.807) is 11.3 Å². The maximum Gasteiger partial charge on any atom is 0.124 e. The average Bonchev–Trinajstić information content (AvgIpc) is 2.30. The van der Waals surface area contributed by atoms with Gasteiger partial charge in [-0.2, -0.15) is 0 Å². The van der Waals surface area contributed by atoms with Crippen molar-refractivity contribution in [1.82, 2.24) is 5.32 Å². The van der Waals surface area contributed by atoms with Gasteiger partial charge >= 0.3 is 0 Å². The first kappa shape index (κ1) is 7.28. The third kappa shape index (κ3) is 1.00. The molecule has 1 aliphatic heterocycles. The molecule has 11 heavy (non-hydrogen) atoms. The van der Waals surface area contributed by atoms with E-state index in [4.69, 9.17) is 0 Å². The lowest BCUT2D eigenvalue weighted by Crippen LogP contribution is -2.56. The molecule has 0 amide bonds. The minimum Gasteiger partial charge on any atom is -0.382 e. The second-order valence-electron chi connectivity index (χ2n) is 3.07. The Kier molecular flexibility index (Phi) is 1.52. The second kappa shape index (κ2) is 2.30. The van der Waals surface area contributed by atoms with Gasteiger partial charge in [0.15, 0.2) is 0 Å². The summed E-state index contributed by atoms with van der Waals surface area (Å²) < 4.78 is 0. The molecule has 0 bridgehead atoms. The molecule has 1 fully saturated rings. The van der Waals surface area contributed by atoms with Gasteiger partial charge in [0.05, 0.1) is 0 Å². The normalized spacial score (nSPS) is 21.3. The van der Waals surface area contributed by atoms with Gasteiger partial charge in [0.1, 0.15) is 5.60 Å². The van der Waals surface area contributed by atoms with Crippen LogP contribution in [0.1, 0.15) is 10.4 Å². The van der Waals surface area contributed by atoms with E-state index in [0.717, 1.165) is 4.88 Å². The zero-order valence-electron chi connectivity index (χ0n) is 6.42. The number of rotatable bonds is 1. The van der Waals surface area contributed by atoms with Crippen molar-refractivity contribution in [1.29, 1.82) is 0 Å². The van der Waals surface area contributed by atoms with Crippen LogP contribution in [0.25, 0.3) is 0 Å². The lowest BCUT2D eigenvalue weighted by molar-refractivity contribution is -0.0117. The summed E-state index contributed by atoms with van der Waals surface area (Å²) in [6, 6.07) is 2.05. The topological polar surface area (TPSA) is 32.3 Å². The van der Waals surface area contributed by atoms with Crippen LogP contribution in [-0.2, 0) is 5.60 Å². The Balaban J connectivity index is 2.35. The molecule has 2 rings (SSSR count). The minimum atomic E-state index is -0.557. The number of aryl methyl sites for hydroxylation is 1. The Morgan fingerprint density at radius 3 is 2.73 bits per heavy atom. The first-order valence-corrected chi connectivity index (χ1v) is 4.58. The summed E-state index contributed by atoms with van der Waals surface area (Å²) in [6.45, 7) is 3.45. The number of aliphatic hydroxyl groups is 1. The highest BCUT2D eigenvalue weighted by Gasteiger charge is 2.38. The van der Waals surface area contributed by atoms with Gasteiger partial charge in [-0.25, -0.2) is 0 Å². The van der Waals surface area contributed by atoms with E-state index in [0.29, 0.717) is 13.1 Å². The van der Waals surface area contributed by atoms with Gasteiger partial charge in [0.2, 0.25) is 0 Å². The molecule has 0 atom stereocenters. The van der Waals surface area contributed by atoms with E-state index in [1.807, 2.05) is 12.3 Å². The molecular formula is C8H11NOS. The zero-order valence-corrected chi connectivity index (χ0v) is 7.24. The standard InChI is InChI=1S/C8H11NOS/c1-6-2-3-11-7(6)8(10)4-9-5-8/h2-3,9-10H,4-5H2,1H3. The molecule has 0 aromatic carbocycles. The van der Waals surface area contributed by atoms with Gasteiger partial charge < -0.3 is 10.4 Å². The molecular weight excluding hydrogens is 158 g/mol. The van der Waals surface area contributed by atoms with Crippen molar-refractivity contribution in [3.63, 3.8) is 0 Å². The minimum absolute atomic E-state index is 0.557. The molecule has 0 spiro atoms. The Morgan fingerprint density at radius 1 is 1.64 bits per heavy atom. The lowest BCUT2D eigenvalue weighted by atomic mass is 9.93. The number of β-amino-alcohol motifs (C(OH)–C–C–N with tert-alkyl or cyclic N) is 1. The van der Waals surface area contributed by atoms with Crippen LogP contribution in [0.5, 0.6) is 0 Å². The summed E-state index contributed by atoms with van der Waals surface area (Å²) in [5, 5.41) is 15.0.